The lowest BCUT2D eigenvalue weighted by molar-refractivity contribution is -0.115. The van der Waals surface area contributed by atoms with Crippen LogP contribution in [-0.2, 0) is 11.2 Å². The summed E-state index contributed by atoms with van der Waals surface area (Å²) < 4.78 is 0. The number of hydrogen-bond donors (Lipinski definition) is 2. The Morgan fingerprint density at radius 3 is 2.40 bits per heavy atom. The fourth-order valence-corrected chi connectivity index (χ4v) is 3.16. The van der Waals surface area contributed by atoms with Crippen LogP contribution >= 0.6 is 0 Å². The summed E-state index contributed by atoms with van der Waals surface area (Å²) in [7, 11) is 0. The smallest absolute Gasteiger partial charge is 0.228 e. The zero-order chi connectivity index (χ0) is 17.3. The van der Waals surface area contributed by atoms with Crippen LogP contribution in [0, 0.1) is 0 Å². The zero-order valence-electron chi connectivity index (χ0n) is 14.6. The largest absolute Gasteiger partial charge is 0.385 e. The van der Waals surface area contributed by atoms with Crippen molar-refractivity contribution in [1.82, 2.24) is 0 Å². The van der Waals surface area contributed by atoms with Gasteiger partial charge in [0.2, 0.25) is 5.91 Å². The Hall–Kier alpha value is -2.55. The molecule has 0 saturated heterocycles. The van der Waals surface area contributed by atoms with E-state index in [0.717, 1.165) is 29.9 Å². The highest BCUT2D eigenvalue weighted by Crippen LogP contribution is 2.20. The van der Waals surface area contributed by atoms with Gasteiger partial charge in [-0.3, -0.25) is 4.79 Å². The molecule has 1 aliphatic carbocycles. The van der Waals surface area contributed by atoms with Gasteiger partial charge in [-0.25, -0.2) is 0 Å². The molecule has 0 fully saturated rings. The number of allylic oxidation sites excluding steroid dienone is 1. The lowest BCUT2D eigenvalue weighted by Crippen LogP contribution is -2.14. The van der Waals surface area contributed by atoms with Gasteiger partial charge in [0.05, 0.1) is 6.42 Å². The van der Waals surface area contributed by atoms with Gasteiger partial charge in [-0.1, -0.05) is 42.0 Å². The molecule has 0 atom stereocenters. The Morgan fingerprint density at radius 2 is 1.68 bits per heavy atom. The zero-order valence-corrected chi connectivity index (χ0v) is 14.6. The Labute approximate surface area is 150 Å². The second-order valence-electron chi connectivity index (χ2n) is 6.57. The Balaban J connectivity index is 1.43. The van der Waals surface area contributed by atoms with E-state index in [1.54, 1.807) is 5.57 Å². The van der Waals surface area contributed by atoms with Crippen LogP contribution in [0.2, 0.25) is 0 Å². The molecule has 0 radical (unpaired) electrons. The van der Waals surface area contributed by atoms with Gasteiger partial charge in [0.1, 0.15) is 0 Å². The summed E-state index contributed by atoms with van der Waals surface area (Å²) in [6.07, 6.45) is 9.10. The van der Waals surface area contributed by atoms with Gasteiger partial charge in [-0.15, -0.1) is 0 Å². The molecule has 3 nitrogen and oxygen atoms in total. The average molecular weight is 334 g/mol. The van der Waals surface area contributed by atoms with Gasteiger partial charge in [0.25, 0.3) is 0 Å². The van der Waals surface area contributed by atoms with Gasteiger partial charge < -0.3 is 10.6 Å². The van der Waals surface area contributed by atoms with Crippen LogP contribution in [-0.4, -0.2) is 12.5 Å². The number of carbonyl (C=O) groups excluding carboxylic acids is 1. The van der Waals surface area contributed by atoms with Crippen LogP contribution in [0.4, 0.5) is 11.4 Å². The van der Waals surface area contributed by atoms with Gasteiger partial charge in [-0.05, 0) is 61.9 Å². The lowest BCUT2D eigenvalue weighted by atomic mass is 9.97. The SMILES string of the molecule is O=C(Cc1ccccc1)Nc1ccc(NCCC2=CCCCC2)cc1. The molecule has 1 amide bonds. The van der Waals surface area contributed by atoms with Crippen molar-refractivity contribution in [2.45, 2.75) is 38.5 Å². The number of anilines is 2. The van der Waals surface area contributed by atoms with Gasteiger partial charge in [0, 0.05) is 17.9 Å². The third-order valence-corrected chi connectivity index (χ3v) is 4.54. The Morgan fingerprint density at radius 1 is 0.920 bits per heavy atom. The van der Waals surface area contributed by atoms with Gasteiger partial charge >= 0.3 is 0 Å². The number of nitrogens with one attached hydrogen (secondary N) is 2. The summed E-state index contributed by atoms with van der Waals surface area (Å²) in [5.41, 5.74) is 4.54. The van der Waals surface area contributed by atoms with Crippen molar-refractivity contribution in [3.8, 4) is 0 Å². The maximum absolute atomic E-state index is 12.1. The fraction of sp³-hybridized carbons (Fsp3) is 0.318. The molecule has 2 aromatic rings. The molecular formula is C22H26N2O. The first kappa shape index (κ1) is 17.3. The summed E-state index contributed by atoms with van der Waals surface area (Å²) in [6.45, 7) is 0.964. The molecule has 0 aromatic heterocycles. The van der Waals surface area contributed by atoms with E-state index >= 15 is 0 Å². The molecule has 1 aliphatic rings. The molecule has 2 aromatic carbocycles. The molecule has 130 valence electrons. The molecule has 0 bridgehead atoms. The second kappa shape index (κ2) is 9.07. The van der Waals surface area contributed by atoms with E-state index in [2.05, 4.69) is 16.7 Å². The van der Waals surface area contributed by atoms with Crippen LogP contribution in [0.15, 0.2) is 66.2 Å². The molecular weight excluding hydrogens is 308 g/mol. The Kier molecular flexibility index (Phi) is 6.27. The van der Waals surface area contributed by atoms with E-state index in [9.17, 15) is 4.79 Å². The lowest BCUT2D eigenvalue weighted by Gasteiger charge is -2.13. The maximum atomic E-state index is 12.1. The van der Waals surface area contributed by atoms with E-state index < -0.39 is 0 Å². The van der Waals surface area contributed by atoms with Crippen molar-refractivity contribution in [2.24, 2.45) is 0 Å². The molecule has 0 heterocycles. The van der Waals surface area contributed by atoms with E-state index in [0.29, 0.717) is 6.42 Å². The van der Waals surface area contributed by atoms with Crippen LogP contribution in [0.25, 0.3) is 0 Å². The molecule has 0 unspecified atom stereocenters. The maximum Gasteiger partial charge on any atom is 0.228 e. The van der Waals surface area contributed by atoms with E-state index in [1.165, 1.54) is 25.7 Å². The molecule has 0 spiro atoms. The van der Waals surface area contributed by atoms with Crippen molar-refractivity contribution in [1.29, 1.82) is 0 Å². The first-order valence-electron chi connectivity index (χ1n) is 9.15. The molecule has 3 rings (SSSR count). The van der Waals surface area contributed by atoms with Crippen LogP contribution in [0.5, 0.6) is 0 Å². The quantitative estimate of drug-likeness (QED) is 0.686. The van der Waals surface area contributed by atoms with Crippen molar-refractivity contribution in [3.05, 3.63) is 71.8 Å². The standard InChI is InChI=1S/C22H26N2O/c25-22(17-19-9-5-2-6-10-19)24-21-13-11-20(12-14-21)23-16-15-18-7-3-1-4-8-18/h2,5-7,9-14,23H,1,3-4,8,15-17H2,(H,24,25). The topological polar surface area (TPSA) is 41.1 Å². The number of carbonyl (C=O) groups is 1. The first-order chi connectivity index (χ1) is 12.3. The Bertz CT molecular complexity index is 705. The average Bonchev–Trinajstić information content (AvgIpc) is 2.65. The van der Waals surface area contributed by atoms with E-state index in [-0.39, 0.29) is 5.91 Å². The predicted molar refractivity (Wildman–Crippen MR) is 105 cm³/mol. The summed E-state index contributed by atoms with van der Waals surface area (Å²) in [6, 6.07) is 17.7. The minimum Gasteiger partial charge on any atom is -0.385 e. The van der Waals surface area contributed by atoms with Crippen LogP contribution < -0.4 is 10.6 Å². The minimum absolute atomic E-state index is 0.0103. The van der Waals surface area contributed by atoms with Crippen molar-refractivity contribution in [2.75, 3.05) is 17.2 Å². The number of hydrogen-bond acceptors (Lipinski definition) is 2. The summed E-state index contributed by atoms with van der Waals surface area (Å²) in [5, 5.41) is 6.41. The summed E-state index contributed by atoms with van der Waals surface area (Å²) in [5.74, 6) is 0.0103. The van der Waals surface area contributed by atoms with Gasteiger partial charge in [-0.2, -0.15) is 0 Å². The third kappa shape index (κ3) is 5.79. The van der Waals surface area contributed by atoms with Crippen molar-refractivity contribution >= 4 is 17.3 Å². The first-order valence-corrected chi connectivity index (χ1v) is 9.15. The summed E-state index contributed by atoms with van der Waals surface area (Å²) >= 11 is 0. The van der Waals surface area contributed by atoms with Gasteiger partial charge in [0.15, 0.2) is 0 Å². The number of rotatable bonds is 7. The third-order valence-electron chi connectivity index (χ3n) is 4.54. The summed E-state index contributed by atoms with van der Waals surface area (Å²) in [4.78, 5) is 12.1. The highest BCUT2D eigenvalue weighted by Gasteiger charge is 2.05. The predicted octanol–water partition coefficient (Wildman–Crippen LogP) is 5.17. The molecule has 0 saturated carbocycles. The highest BCUT2D eigenvalue weighted by molar-refractivity contribution is 5.92. The normalized spacial score (nSPS) is 13.8. The van der Waals surface area contributed by atoms with Crippen molar-refractivity contribution in [3.63, 3.8) is 0 Å². The highest BCUT2D eigenvalue weighted by atomic mass is 16.1. The van der Waals surface area contributed by atoms with E-state index in [4.69, 9.17) is 0 Å². The van der Waals surface area contributed by atoms with E-state index in [1.807, 2.05) is 54.6 Å². The molecule has 0 aliphatic heterocycles. The van der Waals surface area contributed by atoms with Crippen LogP contribution in [0.3, 0.4) is 0 Å². The fourth-order valence-electron chi connectivity index (χ4n) is 3.16. The monoisotopic (exact) mass is 334 g/mol. The van der Waals surface area contributed by atoms with Crippen LogP contribution in [0.1, 0.15) is 37.7 Å². The molecule has 25 heavy (non-hydrogen) atoms. The molecule has 3 heteroatoms. The molecule has 2 N–H and O–H groups in total. The minimum atomic E-state index is 0.0103. The number of benzene rings is 2. The number of amides is 1. The van der Waals surface area contributed by atoms with Crippen molar-refractivity contribution < 1.29 is 4.79 Å². The second-order valence-corrected chi connectivity index (χ2v) is 6.57.